The van der Waals surface area contributed by atoms with E-state index in [9.17, 15) is 19.2 Å². The van der Waals surface area contributed by atoms with E-state index in [1.165, 1.54) is 13.2 Å². The van der Waals surface area contributed by atoms with Gasteiger partial charge in [0, 0.05) is 12.5 Å². The van der Waals surface area contributed by atoms with Crippen LogP contribution in [0.15, 0.2) is 42.5 Å². The number of Topliss-reactive ketones (excluding diaryl/α,β-unsaturated/α-hetero) is 1. The van der Waals surface area contributed by atoms with Gasteiger partial charge in [0.25, 0.3) is 5.91 Å². The van der Waals surface area contributed by atoms with E-state index in [4.69, 9.17) is 0 Å². The zero-order chi connectivity index (χ0) is 16.5. The van der Waals surface area contributed by atoms with Crippen molar-refractivity contribution in [3.63, 3.8) is 0 Å². The number of hydrogen-bond acceptors (Lipinski definition) is 5. The SMILES string of the molecule is COC(=O)[C@H](C/C=C/C(=O)C(C)=O)NC(=O)c1ccccc1. The normalized spacial score (nSPS) is 11.7. The molecule has 116 valence electrons. The fourth-order valence-corrected chi connectivity index (χ4v) is 1.62. The minimum Gasteiger partial charge on any atom is -0.467 e. The van der Waals surface area contributed by atoms with E-state index < -0.39 is 29.5 Å². The molecule has 0 radical (unpaired) electrons. The summed E-state index contributed by atoms with van der Waals surface area (Å²) in [5.74, 6) is -2.33. The third kappa shape index (κ3) is 5.32. The second kappa shape index (κ2) is 8.51. The second-order valence-corrected chi connectivity index (χ2v) is 4.47. The fourth-order valence-electron chi connectivity index (χ4n) is 1.62. The van der Waals surface area contributed by atoms with Crippen LogP contribution in [-0.4, -0.2) is 36.6 Å². The van der Waals surface area contributed by atoms with E-state index in [1.54, 1.807) is 30.3 Å². The molecule has 1 rings (SSSR count). The third-order valence-electron chi connectivity index (χ3n) is 2.82. The topological polar surface area (TPSA) is 89.5 Å². The minimum atomic E-state index is -0.936. The Labute approximate surface area is 128 Å². The molecule has 0 saturated heterocycles. The lowest BCUT2D eigenvalue weighted by atomic mass is 10.1. The van der Waals surface area contributed by atoms with Gasteiger partial charge in [0.1, 0.15) is 6.04 Å². The maximum absolute atomic E-state index is 12.0. The molecule has 0 bridgehead atoms. The van der Waals surface area contributed by atoms with E-state index >= 15 is 0 Å². The highest BCUT2D eigenvalue weighted by molar-refractivity contribution is 6.40. The molecule has 1 amide bonds. The van der Waals surface area contributed by atoms with Crippen LogP contribution < -0.4 is 5.32 Å². The lowest BCUT2D eigenvalue weighted by molar-refractivity contribution is -0.142. The monoisotopic (exact) mass is 303 g/mol. The summed E-state index contributed by atoms with van der Waals surface area (Å²) in [6.45, 7) is 1.15. The summed E-state index contributed by atoms with van der Waals surface area (Å²) < 4.78 is 4.61. The van der Waals surface area contributed by atoms with Gasteiger partial charge in [0.15, 0.2) is 5.78 Å². The number of allylic oxidation sites excluding steroid dienone is 1. The smallest absolute Gasteiger partial charge is 0.328 e. The molecule has 0 unspecified atom stereocenters. The van der Waals surface area contributed by atoms with Crippen molar-refractivity contribution in [3.05, 3.63) is 48.0 Å². The lowest BCUT2D eigenvalue weighted by Crippen LogP contribution is -2.41. The predicted molar refractivity (Wildman–Crippen MR) is 79.2 cm³/mol. The van der Waals surface area contributed by atoms with Crippen molar-refractivity contribution < 1.29 is 23.9 Å². The molecule has 0 aromatic heterocycles. The molecule has 1 N–H and O–H groups in total. The van der Waals surface area contributed by atoms with Crippen LogP contribution in [0.1, 0.15) is 23.7 Å². The molecule has 0 aliphatic heterocycles. The van der Waals surface area contributed by atoms with Crippen molar-refractivity contribution in [3.8, 4) is 0 Å². The van der Waals surface area contributed by atoms with Crippen LogP contribution in [-0.2, 0) is 19.1 Å². The number of amides is 1. The molecular weight excluding hydrogens is 286 g/mol. The van der Waals surface area contributed by atoms with Crippen LogP contribution >= 0.6 is 0 Å². The summed E-state index contributed by atoms with van der Waals surface area (Å²) in [5, 5.41) is 2.53. The van der Waals surface area contributed by atoms with E-state index in [2.05, 4.69) is 10.1 Å². The van der Waals surface area contributed by atoms with Gasteiger partial charge in [-0.1, -0.05) is 24.3 Å². The number of nitrogens with one attached hydrogen (secondary N) is 1. The predicted octanol–water partition coefficient (Wildman–Crippen LogP) is 1.06. The summed E-state index contributed by atoms with van der Waals surface area (Å²) in [5.41, 5.74) is 0.403. The van der Waals surface area contributed by atoms with Gasteiger partial charge in [-0.2, -0.15) is 0 Å². The van der Waals surface area contributed by atoms with Crippen molar-refractivity contribution in [2.24, 2.45) is 0 Å². The Morgan fingerprint density at radius 3 is 2.36 bits per heavy atom. The molecule has 1 aromatic rings. The first-order chi connectivity index (χ1) is 10.5. The van der Waals surface area contributed by atoms with Crippen LogP contribution in [0.3, 0.4) is 0 Å². The molecule has 6 heteroatoms. The number of rotatable bonds is 7. The van der Waals surface area contributed by atoms with Gasteiger partial charge in [-0.15, -0.1) is 0 Å². The third-order valence-corrected chi connectivity index (χ3v) is 2.82. The quantitative estimate of drug-likeness (QED) is 0.462. The highest BCUT2D eigenvalue weighted by Crippen LogP contribution is 2.03. The Balaban J connectivity index is 2.73. The molecule has 1 atom stereocenters. The average Bonchev–Trinajstić information content (AvgIpc) is 2.53. The maximum Gasteiger partial charge on any atom is 0.328 e. The van der Waals surface area contributed by atoms with E-state index in [-0.39, 0.29) is 6.42 Å². The fraction of sp³-hybridized carbons (Fsp3) is 0.250. The number of methoxy groups -OCH3 is 1. The Hall–Kier alpha value is -2.76. The molecular formula is C16H17NO5. The first-order valence-electron chi connectivity index (χ1n) is 6.61. The molecule has 1 aromatic carbocycles. The number of esters is 1. The van der Waals surface area contributed by atoms with Gasteiger partial charge in [0.05, 0.1) is 7.11 Å². The van der Waals surface area contributed by atoms with E-state index in [0.717, 1.165) is 13.0 Å². The highest BCUT2D eigenvalue weighted by Gasteiger charge is 2.20. The number of ketones is 2. The Morgan fingerprint density at radius 2 is 1.82 bits per heavy atom. The lowest BCUT2D eigenvalue weighted by Gasteiger charge is -2.14. The first kappa shape index (κ1) is 17.3. The second-order valence-electron chi connectivity index (χ2n) is 4.47. The molecule has 0 aliphatic carbocycles. The van der Waals surface area contributed by atoms with Crippen LogP contribution in [0.25, 0.3) is 0 Å². The van der Waals surface area contributed by atoms with Gasteiger partial charge in [-0.25, -0.2) is 4.79 Å². The Kier molecular flexibility index (Phi) is 6.69. The van der Waals surface area contributed by atoms with Crippen molar-refractivity contribution >= 4 is 23.4 Å². The Bertz CT molecular complexity index is 592. The molecule has 0 spiro atoms. The van der Waals surface area contributed by atoms with Crippen LogP contribution in [0.2, 0.25) is 0 Å². The molecule has 0 saturated carbocycles. The van der Waals surface area contributed by atoms with E-state index in [0.29, 0.717) is 5.56 Å². The summed E-state index contributed by atoms with van der Waals surface area (Å²) >= 11 is 0. The summed E-state index contributed by atoms with van der Waals surface area (Å²) in [6.07, 6.45) is 2.48. The minimum absolute atomic E-state index is 0.0459. The zero-order valence-electron chi connectivity index (χ0n) is 12.4. The van der Waals surface area contributed by atoms with Crippen LogP contribution in [0.4, 0.5) is 0 Å². The summed E-state index contributed by atoms with van der Waals surface area (Å²) in [7, 11) is 1.20. The molecule has 6 nitrogen and oxygen atoms in total. The highest BCUT2D eigenvalue weighted by atomic mass is 16.5. The van der Waals surface area contributed by atoms with Crippen molar-refractivity contribution in [2.75, 3.05) is 7.11 Å². The number of carbonyl (C=O) groups is 4. The first-order valence-corrected chi connectivity index (χ1v) is 6.61. The number of ether oxygens (including phenoxy) is 1. The van der Waals surface area contributed by atoms with Crippen molar-refractivity contribution in [1.82, 2.24) is 5.32 Å². The summed E-state index contributed by atoms with van der Waals surface area (Å²) in [6, 6.07) is 7.46. The average molecular weight is 303 g/mol. The molecule has 22 heavy (non-hydrogen) atoms. The van der Waals surface area contributed by atoms with Gasteiger partial charge < -0.3 is 10.1 Å². The van der Waals surface area contributed by atoms with E-state index in [1.807, 2.05) is 0 Å². The maximum atomic E-state index is 12.0. The zero-order valence-corrected chi connectivity index (χ0v) is 12.4. The molecule has 0 heterocycles. The van der Waals surface area contributed by atoms with Gasteiger partial charge >= 0.3 is 5.97 Å². The Morgan fingerprint density at radius 1 is 1.18 bits per heavy atom. The number of hydrogen-bond donors (Lipinski definition) is 1. The number of benzene rings is 1. The molecule has 0 aliphatic rings. The van der Waals surface area contributed by atoms with Gasteiger partial charge in [0.2, 0.25) is 5.78 Å². The van der Waals surface area contributed by atoms with Gasteiger partial charge in [-0.3, -0.25) is 14.4 Å². The van der Waals surface area contributed by atoms with Crippen molar-refractivity contribution in [2.45, 2.75) is 19.4 Å². The van der Waals surface area contributed by atoms with Crippen molar-refractivity contribution in [1.29, 1.82) is 0 Å². The standard InChI is InChI=1S/C16H17NO5/c1-11(18)14(19)10-6-9-13(16(21)22-2)17-15(20)12-7-4-3-5-8-12/h3-8,10,13H,9H2,1-2H3,(H,17,20)/b10-6+/t13-/m0/s1. The van der Waals surface area contributed by atoms with Crippen LogP contribution in [0, 0.1) is 0 Å². The van der Waals surface area contributed by atoms with Gasteiger partial charge in [-0.05, 0) is 24.6 Å². The van der Waals surface area contributed by atoms with Crippen LogP contribution in [0.5, 0.6) is 0 Å². The number of carbonyl (C=O) groups excluding carboxylic acids is 4. The summed E-state index contributed by atoms with van der Waals surface area (Å²) in [4.78, 5) is 45.7. The molecule has 0 fully saturated rings. The largest absolute Gasteiger partial charge is 0.467 e.